The van der Waals surface area contributed by atoms with Crippen LogP contribution in [0, 0.1) is 6.92 Å². The lowest BCUT2D eigenvalue weighted by Crippen LogP contribution is -2.14. The zero-order valence-electron chi connectivity index (χ0n) is 15.8. The Kier molecular flexibility index (Phi) is 6.50. The summed E-state index contributed by atoms with van der Waals surface area (Å²) in [5, 5.41) is 6.44. The molecule has 6 heteroatoms. The molecule has 2 N–H and O–H groups in total. The highest BCUT2D eigenvalue weighted by molar-refractivity contribution is 8.00. The van der Waals surface area contributed by atoms with Gasteiger partial charge < -0.3 is 10.6 Å². The minimum Gasteiger partial charge on any atom is -0.325 e. The van der Waals surface area contributed by atoms with Crippen LogP contribution in [0.2, 0.25) is 0 Å². The molecule has 1 aliphatic rings. The third-order valence-electron chi connectivity index (χ3n) is 4.46. The number of carbonyl (C=O) groups is 2. The van der Waals surface area contributed by atoms with Crippen molar-refractivity contribution in [1.82, 2.24) is 0 Å². The summed E-state index contributed by atoms with van der Waals surface area (Å²) in [4.78, 5) is 26.7. The maximum atomic E-state index is 12.7. The van der Waals surface area contributed by atoms with Crippen LogP contribution in [0.4, 0.5) is 11.4 Å². The second kappa shape index (κ2) is 8.85. The Morgan fingerprint density at radius 2 is 2.11 bits per heavy atom. The molecular formula is C21H24N2O2S2. The van der Waals surface area contributed by atoms with E-state index >= 15 is 0 Å². The number of nitrogens with one attached hydrogen (secondary N) is 2. The number of hydrogen-bond donors (Lipinski definition) is 2. The predicted molar refractivity (Wildman–Crippen MR) is 115 cm³/mol. The third-order valence-corrected chi connectivity index (χ3v) is 6.80. The van der Waals surface area contributed by atoms with Gasteiger partial charge in [-0.1, -0.05) is 13.8 Å². The van der Waals surface area contributed by atoms with Crippen LogP contribution in [-0.2, 0) is 4.79 Å². The summed E-state index contributed by atoms with van der Waals surface area (Å²) in [6.45, 7) is 6.40. The summed E-state index contributed by atoms with van der Waals surface area (Å²) in [7, 11) is 0. The van der Waals surface area contributed by atoms with Gasteiger partial charge in [0.15, 0.2) is 0 Å². The Labute approximate surface area is 168 Å². The molecule has 0 aromatic heterocycles. The number of benzene rings is 2. The van der Waals surface area contributed by atoms with Gasteiger partial charge >= 0.3 is 0 Å². The molecule has 0 fully saturated rings. The van der Waals surface area contributed by atoms with Crippen LogP contribution in [-0.4, -0.2) is 22.8 Å². The van der Waals surface area contributed by atoms with E-state index in [4.69, 9.17) is 0 Å². The lowest BCUT2D eigenvalue weighted by Gasteiger charge is -2.13. The Hall–Kier alpha value is -1.92. The van der Waals surface area contributed by atoms with Crippen molar-refractivity contribution in [3.05, 3.63) is 47.5 Å². The summed E-state index contributed by atoms with van der Waals surface area (Å²) >= 11 is 3.48. The van der Waals surface area contributed by atoms with Crippen molar-refractivity contribution >= 4 is 46.7 Å². The average Bonchev–Trinajstić information content (AvgIpc) is 2.83. The quantitative estimate of drug-likeness (QED) is 0.644. The number of thioether (sulfide) groups is 2. The molecule has 1 unspecified atom stereocenters. The minimum absolute atomic E-state index is 0.0101. The summed E-state index contributed by atoms with van der Waals surface area (Å²) in [6, 6.07) is 11.6. The maximum Gasteiger partial charge on any atom is 0.255 e. The summed E-state index contributed by atoms with van der Waals surface area (Å²) in [6.07, 6.45) is 1.61. The van der Waals surface area contributed by atoms with E-state index in [9.17, 15) is 9.59 Å². The topological polar surface area (TPSA) is 58.2 Å². The maximum absolute atomic E-state index is 12.7. The number of amides is 2. The predicted octanol–water partition coefficient (Wildman–Crippen LogP) is 5.57. The molecule has 142 valence electrons. The fraction of sp³-hybridized carbons (Fsp3) is 0.333. The molecule has 1 atom stereocenters. The Bertz CT molecular complexity index is 867. The Balaban J connectivity index is 1.75. The number of fused-ring (bicyclic) bond motifs is 1. The van der Waals surface area contributed by atoms with Gasteiger partial charge in [0.2, 0.25) is 5.91 Å². The van der Waals surface area contributed by atoms with E-state index < -0.39 is 0 Å². The molecule has 0 spiro atoms. The van der Waals surface area contributed by atoms with E-state index in [2.05, 4.69) is 30.5 Å². The molecule has 0 saturated carbocycles. The van der Waals surface area contributed by atoms with Crippen LogP contribution in [0.25, 0.3) is 0 Å². The first kappa shape index (κ1) is 19.8. The summed E-state index contributed by atoms with van der Waals surface area (Å²) in [5.74, 6) is 0.570. The van der Waals surface area contributed by atoms with E-state index in [0.717, 1.165) is 28.3 Å². The molecule has 3 rings (SSSR count). The molecular weight excluding hydrogens is 376 g/mol. The first-order chi connectivity index (χ1) is 13.0. The van der Waals surface area contributed by atoms with E-state index in [-0.39, 0.29) is 11.8 Å². The first-order valence-corrected chi connectivity index (χ1v) is 11.0. The fourth-order valence-electron chi connectivity index (χ4n) is 2.72. The van der Waals surface area contributed by atoms with Gasteiger partial charge in [-0.05, 0) is 55.3 Å². The van der Waals surface area contributed by atoms with Crippen LogP contribution < -0.4 is 10.6 Å². The van der Waals surface area contributed by atoms with Crippen molar-refractivity contribution < 1.29 is 9.59 Å². The zero-order valence-corrected chi connectivity index (χ0v) is 17.4. The second-order valence-corrected chi connectivity index (χ2v) is 9.27. The highest BCUT2D eigenvalue weighted by Gasteiger charge is 2.16. The van der Waals surface area contributed by atoms with Gasteiger partial charge in [0.05, 0.1) is 5.69 Å². The standard InChI is InChI=1S/C21H24N2O2S2/c1-4-14(3)27-16-6-7-17(13(2)11-16)23-21(25)15-5-8-19-18(12-15)22-20(24)9-10-26-19/h5-8,11-12,14H,4,9-10H2,1-3H3,(H,22,24)(H,23,25). The third kappa shape index (κ3) is 5.08. The molecule has 0 bridgehead atoms. The number of rotatable bonds is 5. The molecule has 2 aromatic rings. The highest BCUT2D eigenvalue weighted by Crippen LogP contribution is 2.32. The number of aryl methyl sites for hydroxylation is 1. The van der Waals surface area contributed by atoms with Gasteiger partial charge in [-0.2, -0.15) is 0 Å². The lowest BCUT2D eigenvalue weighted by atomic mass is 10.1. The van der Waals surface area contributed by atoms with Gasteiger partial charge in [0.25, 0.3) is 5.91 Å². The zero-order chi connectivity index (χ0) is 19.4. The largest absolute Gasteiger partial charge is 0.325 e. The lowest BCUT2D eigenvalue weighted by molar-refractivity contribution is -0.115. The van der Waals surface area contributed by atoms with Crippen LogP contribution in [0.3, 0.4) is 0 Å². The smallest absolute Gasteiger partial charge is 0.255 e. The average molecular weight is 401 g/mol. The van der Waals surface area contributed by atoms with E-state index in [1.54, 1.807) is 23.9 Å². The van der Waals surface area contributed by atoms with Gasteiger partial charge in [-0.15, -0.1) is 23.5 Å². The molecule has 4 nitrogen and oxygen atoms in total. The molecule has 0 radical (unpaired) electrons. The van der Waals surface area contributed by atoms with E-state index in [1.165, 1.54) is 4.90 Å². The molecule has 0 saturated heterocycles. The number of carbonyl (C=O) groups excluding carboxylic acids is 2. The van der Waals surface area contributed by atoms with Crippen molar-refractivity contribution in [2.24, 2.45) is 0 Å². The first-order valence-electron chi connectivity index (χ1n) is 9.11. The summed E-state index contributed by atoms with van der Waals surface area (Å²) < 4.78 is 0. The van der Waals surface area contributed by atoms with Crippen LogP contribution in [0.5, 0.6) is 0 Å². The van der Waals surface area contributed by atoms with Crippen molar-refractivity contribution in [1.29, 1.82) is 0 Å². The molecule has 1 heterocycles. The summed E-state index contributed by atoms with van der Waals surface area (Å²) in [5.41, 5.74) is 3.10. The number of anilines is 2. The molecule has 2 aromatic carbocycles. The SMILES string of the molecule is CCC(C)Sc1ccc(NC(=O)c2ccc3c(c2)NC(=O)CCS3)c(C)c1. The minimum atomic E-state index is -0.174. The second-order valence-electron chi connectivity index (χ2n) is 6.63. The number of hydrogen-bond acceptors (Lipinski definition) is 4. The monoisotopic (exact) mass is 400 g/mol. The molecule has 0 aliphatic carbocycles. The Morgan fingerprint density at radius 3 is 2.85 bits per heavy atom. The van der Waals surface area contributed by atoms with Gasteiger partial charge in [-0.3, -0.25) is 9.59 Å². The van der Waals surface area contributed by atoms with Crippen LogP contribution >= 0.6 is 23.5 Å². The highest BCUT2D eigenvalue weighted by atomic mass is 32.2. The molecule has 2 amide bonds. The van der Waals surface area contributed by atoms with Gasteiger partial charge in [0.1, 0.15) is 0 Å². The van der Waals surface area contributed by atoms with Crippen LogP contribution in [0.15, 0.2) is 46.2 Å². The fourth-order valence-corrected chi connectivity index (χ4v) is 4.68. The van der Waals surface area contributed by atoms with E-state index in [1.807, 2.05) is 36.9 Å². The van der Waals surface area contributed by atoms with Crippen molar-refractivity contribution in [2.45, 2.75) is 48.7 Å². The Morgan fingerprint density at radius 1 is 1.30 bits per heavy atom. The molecule has 1 aliphatic heterocycles. The molecule has 27 heavy (non-hydrogen) atoms. The van der Waals surface area contributed by atoms with E-state index in [0.29, 0.717) is 22.9 Å². The van der Waals surface area contributed by atoms with Crippen molar-refractivity contribution in [3.63, 3.8) is 0 Å². The normalized spacial score (nSPS) is 14.7. The van der Waals surface area contributed by atoms with Gasteiger partial charge in [-0.25, -0.2) is 0 Å². The van der Waals surface area contributed by atoms with Crippen molar-refractivity contribution in [2.75, 3.05) is 16.4 Å². The van der Waals surface area contributed by atoms with Crippen LogP contribution in [0.1, 0.15) is 42.6 Å². The van der Waals surface area contributed by atoms with Gasteiger partial charge in [0, 0.05) is 38.5 Å². The van der Waals surface area contributed by atoms with Crippen molar-refractivity contribution in [3.8, 4) is 0 Å².